The van der Waals surface area contributed by atoms with E-state index in [1.165, 1.54) is 11.1 Å². The van der Waals surface area contributed by atoms with Crippen molar-refractivity contribution in [1.29, 1.82) is 0 Å². The van der Waals surface area contributed by atoms with Gasteiger partial charge in [-0.2, -0.15) is 0 Å². The van der Waals surface area contributed by atoms with Crippen molar-refractivity contribution in [1.82, 2.24) is 10.6 Å². The largest absolute Gasteiger partial charge is 0.319 e. The lowest BCUT2D eigenvalue weighted by Crippen LogP contribution is -2.27. The third kappa shape index (κ3) is 5.85. The minimum Gasteiger partial charge on any atom is -0.319 e. The summed E-state index contributed by atoms with van der Waals surface area (Å²) >= 11 is 0. The summed E-state index contributed by atoms with van der Waals surface area (Å²) in [7, 11) is 2.00. The highest BCUT2D eigenvalue weighted by Crippen LogP contribution is 2.12. The maximum Gasteiger partial charge on any atom is 0.0208 e. The Hall–Kier alpha value is -0.860. The minimum atomic E-state index is 0.347. The molecular formula is C15H26N2. The number of hydrogen-bond acceptors (Lipinski definition) is 2. The molecule has 2 N–H and O–H groups in total. The Kier molecular flexibility index (Phi) is 5.66. The molecule has 0 fully saturated rings. The van der Waals surface area contributed by atoms with Gasteiger partial charge >= 0.3 is 0 Å². The molecule has 0 heterocycles. The SMILES string of the molecule is CNCCc1ccccc1CNCC(C)(C)C. The van der Waals surface area contributed by atoms with Gasteiger partial charge in [0.25, 0.3) is 0 Å². The van der Waals surface area contributed by atoms with Crippen LogP contribution >= 0.6 is 0 Å². The summed E-state index contributed by atoms with van der Waals surface area (Å²) < 4.78 is 0. The molecule has 0 aromatic heterocycles. The number of hydrogen-bond donors (Lipinski definition) is 2. The van der Waals surface area contributed by atoms with Crippen LogP contribution in [0, 0.1) is 5.41 Å². The summed E-state index contributed by atoms with van der Waals surface area (Å²) in [6, 6.07) is 8.70. The maximum absolute atomic E-state index is 3.54. The van der Waals surface area contributed by atoms with E-state index in [2.05, 4.69) is 55.7 Å². The van der Waals surface area contributed by atoms with Crippen molar-refractivity contribution in [3.8, 4) is 0 Å². The van der Waals surface area contributed by atoms with E-state index in [-0.39, 0.29) is 0 Å². The molecule has 0 unspecified atom stereocenters. The van der Waals surface area contributed by atoms with E-state index in [0.29, 0.717) is 5.41 Å². The van der Waals surface area contributed by atoms with Gasteiger partial charge in [-0.1, -0.05) is 45.0 Å². The van der Waals surface area contributed by atoms with Crippen LogP contribution in [0.3, 0.4) is 0 Å². The van der Waals surface area contributed by atoms with Crippen LogP contribution in [0.25, 0.3) is 0 Å². The summed E-state index contributed by atoms with van der Waals surface area (Å²) in [6.45, 7) is 9.83. The molecular weight excluding hydrogens is 208 g/mol. The molecule has 0 radical (unpaired) electrons. The molecule has 2 nitrogen and oxygen atoms in total. The van der Waals surface area contributed by atoms with Gasteiger partial charge < -0.3 is 10.6 Å². The molecule has 0 aliphatic heterocycles. The third-order valence-electron chi connectivity index (χ3n) is 2.73. The van der Waals surface area contributed by atoms with E-state index >= 15 is 0 Å². The van der Waals surface area contributed by atoms with Crippen LogP contribution in [-0.2, 0) is 13.0 Å². The fraction of sp³-hybridized carbons (Fsp3) is 0.600. The van der Waals surface area contributed by atoms with Crippen molar-refractivity contribution in [2.45, 2.75) is 33.7 Å². The van der Waals surface area contributed by atoms with Crippen molar-refractivity contribution in [3.05, 3.63) is 35.4 Å². The summed E-state index contributed by atoms with van der Waals surface area (Å²) in [5.74, 6) is 0. The Morgan fingerprint density at radius 2 is 1.71 bits per heavy atom. The Morgan fingerprint density at radius 3 is 2.29 bits per heavy atom. The van der Waals surface area contributed by atoms with Crippen LogP contribution in [0.1, 0.15) is 31.9 Å². The zero-order valence-corrected chi connectivity index (χ0v) is 11.6. The second kappa shape index (κ2) is 6.77. The van der Waals surface area contributed by atoms with Crippen LogP contribution in [0.4, 0.5) is 0 Å². The molecule has 17 heavy (non-hydrogen) atoms. The second-order valence-electron chi connectivity index (χ2n) is 5.79. The average molecular weight is 234 g/mol. The average Bonchev–Trinajstić information content (AvgIpc) is 2.26. The smallest absolute Gasteiger partial charge is 0.0208 e. The first-order chi connectivity index (χ1) is 8.03. The molecule has 0 bridgehead atoms. The van der Waals surface area contributed by atoms with Crippen LogP contribution in [0.5, 0.6) is 0 Å². The fourth-order valence-electron chi connectivity index (χ4n) is 1.81. The van der Waals surface area contributed by atoms with Gasteiger partial charge in [0, 0.05) is 13.1 Å². The summed E-state index contributed by atoms with van der Waals surface area (Å²) in [6.07, 6.45) is 1.10. The standard InChI is InChI=1S/C15H26N2/c1-15(2,3)12-17-11-14-8-6-5-7-13(14)9-10-16-4/h5-8,16-17H,9-12H2,1-4H3. The first-order valence-electron chi connectivity index (χ1n) is 6.45. The zero-order chi connectivity index (χ0) is 12.7. The first-order valence-corrected chi connectivity index (χ1v) is 6.45. The van der Waals surface area contributed by atoms with Gasteiger partial charge in [-0.3, -0.25) is 0 Å². The lowest BCUT2D eigenvalue weighted by molar-refractivity contribution is 0.379. The monoisotopic (exact) mass is 234 g/mol. The second-order valence-corrected chi connectivity index (χ2v) is 5.79. The number of benzene rings is 1. The number of nitrogens with one attached hydrogen (secondary N) is 2. The van der Waals surface area contributed by atoms with Gasteiger partial charge in [0.2, 0.25) is 0 Å². The predicted octanol–water partition coefficient (Wildman–Crippen LogP) is 2.58. The number of rotatable bonds is 6. The van der Waals surface area contributed by atoms with E-state index in [1.807, 2.05) is 7.05 Å². The molecule has 1 rings (SSSR count). The topological polar surface area (TPSA) is 24.1 Å². The van der Waals surface area contributed by atoms with E-state index in [9.17, 15) is 0 Å². The highest BCUT2D eigenvalue weighted by atomic mass is 14.9. The van der Waals surface area contributed by atoms with Crippen molar-refractivity contribution in [2.24, 2.45) is 5.41 Å². The van der Waals surface area contributed by atoms with Gasteiger partial charge in [-0.05, 0) is 36.6 Å². The molecule has 0 spiro atoms. The highest BCUT2D eigenvalue weighted by Gasteiger charge is 2.09. The normalized spacial score (nSPS) is 11.8. The molecule has 0 amide bonds. The van der Waals surface area contributed by atoms with Crippen molar-refractivity contribution >= 4 is 0 Å². The predicted molar refractivity (Wildman–Crippen MR) is 75.2 cm³/mol. The van der Waals surface area contributed by atoms with E-state index in [4.69, 9.17) is 0 Å². The third-order valence-corrected chi connectivity index (χ3v) is 2.73. The molecule has 0 saturated carbocycles. The van der Waals surface area contributed by atoms with Gasteiger partial charge in [-0.15, -0.1) is 0 Å². The van der Waals surface area contributed by atoms with Crippen molar-refractivity contribution < 1.29 is 0 Å². The molecule has 0 saturated heterocycles. The summed E-state index contributed by atoms with van der Waals surface area (Å²) in [4.78, 5) is 0. The molecule has 0 atom stereocenters. The van der Waals surface area contributed by atoms with Crippen LogP contribution in [0.2, 0.25) is 0 Å². The molecule has 96 valence electrons. The van der Waals surface area contributed by atoms with Crippen molar-refractivity contribution in [2.75, 3.05) is 20.1 Å². The Bertz CT molecular complexity index is 326. The molecule has 1 aromatic carbocycles. The Balaban J connectivity index is 2.51. The summed E-state index contributed by atoms with van der Waals surface area (Å²) in [5.41, 5.74) is 3.22. The van der Waals surface area contributed by atoms with Gasteiger partial charge in [0.1, 0.15) is 0 Å². The lowest BCUT2D eigenvalue weighted by atomic mass is 9.96. The highest BCUT2D eigenvalue weighted by molar-refractivity contribution is 5.27. The molecule has 2 heteroatoms. The van der Waals surface area contributed by atoms with Gasteiger partial charge in [0.15, 0.2) is 0 Å². The lowest BCUT2D eigenvalue weighted by Gasteiger charge is -2.19. The van der Waals surface area contributed by atoms with E-state index < -0.39 is 0 Å². The molecule has 0 aliphatic carbocycles. The van der Waals surface area contributed by atoms with Gasteiger partial charge in [-0.25, -0.2) is 0 Å². The molecule has 1 aromatic rings. The number of likely N-dealkylation sites (N-methyl/N-ethyl adjacent to an activating group) is 1. The van der Waals surface area contributed by atoms with Crippen LogP contribution < -0.4 is 10.6 Å². The van der Waals surface area contributed by atoms with E-state index in [1.54, 1.807) is 0 Å². The maximum atomic E-state index is 3.54. The molecule has 0 aliphatic rings. The quantitative estimate of drug-likeness (QED) is 0.790. The Labute approximate surface area is 106 Å². The van der Waals surface area contributed by atoms with Crippen molar-refractivity contribution in [3.63, 3.8) is 0 Å². The van der Waals surface area contributed by atoms with E-state index in [0.717, 1.165) is 26.1 Å². The zero-order valence-electron chi connectivity index (χ0n) is 11.6. The van der Waals surface area contributed by atoms with Crippen LogP contribution in [-0.4, -0.2) is 20.1 Å². The first kappa shape index (κ1) is 14.2. The van der Waals surface area contributed by atoms with Crippen LogP contribution in [0.15, 0.2) is 24.3 Å². The van der Waals surface area contributed by atoms with Gasteiger partial charge in [0.05, 0.1) is 0 Å². The minimum absolute atomic E-state index is 0.347. The summed E-state index contributed by atoms with van der Waals surface area (Å²) in [5, 5.41) is 6.74. The Morgan fingerprint density at radius 1 is 1.06 bits per heavy atom. The fourth-order valence-corrected chi connectivity index (χ4v) is 1.81.